The first-order valence-electron chi connectivity index (χ1n) is 3.91. The highest BCUT2D eigenvalue weighted by Crippen LogP contribution is 2.14. The van der Waals surface area contributed by atoms with E-state index in [0.29, 0.717) is 0 Å². The van der Waals surface area contributed by atoms with Crippen LogP contribution in [0.15, 0.2) is 40.3 Å². The third kappa shape index (κ3) is 1.59. The molecule has 0 bridgehead atoms. The summed E-state index contributed by atoms with van der Waals surface area (Å²) < 4.78 is 0. The third-order valence-corrected chi connectivity index (χ3v) is 1.72. The molecular formula is C10H9N2. The number of hydrogen-bond acceptors (Lipinski definition) is 2. The van der Waals surface area contributed by atoms with Gasteiger partial charge in [0.2, 0.25) is 0 Å². The van der Waals surface area contributed by atoms with Crippen LogP contribution in [0.3, 0.4) is 0 Å². The lowest BCUT2D eigenvalue weighted by atomic mass is 10.1. The Morgan fingerprint density at radius 3 is 2.25 bits per heavy atom. The molecule has 2 nitrogen and oxygen atoms in total. The first-order chi connectivity index (χ1) is 5.95. The van der Waals surface area contributed by atoms with E-state index in [1.807, 2.05) is 18.2 Å². The molecule has 0 aromatic heterocycles. The molecule has 0 atom stereocenters. The zero-order valence-corrected chi connectivity index (χ0v) is 6.64. The van der Waals surface area contributed by atoms with Gasteiger partial charge in [0.15, 0.2) is 6.17 Å². The predicted molar refractivity (Wildman–Crippen MR) is 50.4 cm³/mol. The fraction of sp³-hybridized carbons (Fsp3) is 0.100. The summed E-state index contributed by atoms with van der Waals surface area (Å²) in [5, 5.41) is 0. The second kappa shape index (κ2) is 3.30. The van der Waals surface area contributed by atoms with E-state index >= 15 is 0 Å². The largest absolute Gasteiger partial charge is 0.257 e. The Morgan fingerprint density at radius 1 is 0.917 bits per heavy atom. The molecule has 12 heavy (non-hydrogen) atoms. The smallest absolute Gasteiger partial charge is 0.199 e. The van der Waals surface area contributed by atoms with Crippen LogP contribution in [-0.2, 0) is 6.42 Å². The van der Waals surface area contributed by atoms with Gasteiger partial charge in [-0.3, -0.25) is 9.98 Å². The van der Waals surface area contributed by atoms with Gasteiger partial charge in [-0.05, 0) is 5.56 Å². The van der Waals surface area contributed by atoms with Crippen LogP contribution in [0.1, 0.15) is 5.56 Å². The minimum atomic E-state index is 0.827. The highest BCUT2D eigenvalue weighted by molar-refractivity contribution is 6.18. The molecule has 0 aliphatic carbocycles. The standard InChI is InChI=1S/C10H9N2/c1-2-4-9(5-3-1)8-10-11-6-7-12-10/h1-7H,8H2. The monoisotopic (exact) mass is 157 g/mol. The van der Waals surface area contributed by atoms with Crippen molar-refractivity contribution in [3.05, 3.63) is 42.1 Å². The van der Waals surface area contributed by atoms with E-state index in [4.69, 9.17) is 0 Å². The van der Waals surface area contributed by atoms with Gasteiger partial charge in [0.1, 0.15) is 0 Å². The number of aliphatic imine (C=N–C) groups is 2. The normalized spacial score (nSPS) is 15.7. The molecule has 0 unspecified atom stereocenters. The molecule has 2 rings (SSSR count). The van der Waals surface area contributed by atoms with Crippen molar-refractivity contribution in [2.45, 2.75) is 6.42 Å². The first-order valence-corrected chi connectivity index (χ1v) is 3.91. The Balaban J connectivity index is 2.04. The van der Waals surface area contributed by atoms with E-state index in [1.165, 1.54) is 5.56 Å². The maximum absolute atomic E-state index is 4.10. The molecule has 1 aliphatic heterocycles. The maximum Gasteiger partial charge on any atom is 0.199 e. The lowest BCUT2D eigenvalue weighted by Crippen LogP contribution is -1.92. The zero-order chi connectivity index (χ0) is 8.23. The van der Waals surface area contributed by atoms with Crippen LogP contribution in [0.25, 0.3) is 0 Å². The molecule has 0 saturated carbocycles. The Hall–Kier alpha value is -1.44. The molecule has 1 aromatic rings. The van der Waals surface area contributed by atoms with E-state index in [9.17, 15) is 0 Å². The summed E-state index contributed by atoms with van der Waals surface area (Å²) in [5.74, 6) is 0. The van der Waals surface area contributed by atoms with E-state index in [1.54, 1.807) is 12.4 Å². The van der Waals surface area contributed by atoms with Gasteiger partial charge >= 0.3 is 0 Å². The lowest BCUT2D eigenvalue weighted by molar-refractivity contribution is 0.907. The molecule has 0 N–H and O–H groups in total. The van der Waals surface area contributed by atoms with Crippen LogP contribution in [0.2, 0.25) is 0 Å². The topological polar surface area (TPSA) is 24.7 Å². The summed E-state index contributed by atoms with van der Waals surface area (Å²) in [6.07, 6.45) is 5.16. The highest BCUT2D eigenvalue weighted by Gasteiger charge is 2.07. The summed E-state index contributed by atoms with van der Waals surface area (Å²) in [5.41, 5.74) is 1.25. The molecule has 1 aromatic carbocycles. The minimum Gasteiger partial charge on any atom is -0.257 e. The molecule has 59 valence electrons. The summed E-state index contributed by atoms with van der Waals surface area (Å²) >= 11 is 0. The van der Waals surface area contributed by atoms with Gasteiger partial charge in [-0.1, -0.05) is 30.3 Å². The van der Waals surface area contributed by atoms with Gasteiger partial charge in [-0.2, -0.15) is 0 Å². The van der Waals surface area contributed by atoms with Gasteiger partial charge < -0.3 is 0 Å². The van der Waals surface area contributed by atoms with Gasteiger partial charge in [0.05, 0.1) is 0 Å². The SMILES string of the molecule is C1=N[C](Cc2ccccc2)N=C1. The van der Waals surface area contributed by atoms with Gasteiger partial charge in [-0.25, -0.2) is 0 Å². The minimum absolute atomic E-state index is 0.827. The summed E-state index contributed by atoms with van der Waals surface area (Å²) in [6, 6.07) is 10.2. The van der Waals surface area contributed by atoms with Crippen molar-refractivity contribution < 1.29 is 0 Å². The Labute approximate surface area is 71.7 Å². The average Bonchev–Trinajstić information content (AvgIpc) is 2.59. The maximum atomic E-state index is 4.10. The number of nitrogens with zero attached hydrogens (tertiary/aromatic N) is 2. The second-order valence-electron chi connectivity index (χ2n) is 2.63. The molecule has 1 aliphatic rings. The lowest BCUT2D eigenvalue weighted by Gasteiger charge is -2.01. The molecule has 1 radical (unpaired) electrons. The van der Waals surface area contributed by atoms with Crippen molar-refractivity contribution in [2.24, 2.45) is 9.98 Å². The average molecular weight is 157 g/mol. The number of rotatable bonds is 2. The number of benzene rings is 1. The first kappa shape index (κ1) is 7.22. The van der Waals surface area contributed by atoms with E-state index in [2.05, 4.69) is 22.1 Å². The summed E-state index contributed by atoms with van der Waals surface area (Å²) in [6.45, 7) is 0. The van der Waals surface area contributed by atoms with E-state index in [0.717, 1.165) is 12.6 Å². The fourth-order valence-electron chi connectivity index (χ4n) is 1.14. The van der Waals surface area contributed by atoms with Crippen molar-refractivity contribution in [1.82, 2.24) is 0 Å². The van der Waals surface area contributed by atoms with Crippen LogP contribution in [0, 0.1) is 6.17 Å². The van der Waals surface area contributed by atoms with Gasteiger partial charge in [0, 0.05) is 18.9 Å². The van der Waals surface area contributed by atoms with Crippen LogP contribution >= 0.6 is 0 Å². The van der Waals surface area contributed by atoms with Crippen molar-refractivity contribution in [2.75, 3.05) is 0 Å². The zero-order valence-electron chi connectivity index (χ0n) is 6.64. The molecule has 0 saturated heterocycles. The predicted octanol–water partition coefficient (Wildman–Crippen LogP) is 1.87. The fourth-order valence-corrected chi connectivity index (χ4v) is 1.14. The van der Waals surface area contributed by atoms with Gasteiger partial charge in [-0.15, -0.1) is 0 Å². The van der Waals surface area contributed by atoms with Crippen LogP contribution in [0.5, 0.6) is 0 Å². The van der Waals surface area contributed by atoms with Crippen molar-refractivity contribution in [1.29, 1.82) is 0 Å². The highest BCUT2D eigenvalue weighted by atomic mass is 15.0. The van der Waals surface area contributed by atoms with Gasteiger partial charge in [0.25, 0.3) is 0 Å². The molecule has 0 amide bonds. The molecule has 0 spiro atoms. The Kier molecular flexibility index (Phi) is 1.99. The third-order valence-electron chi connectivity index (χ3n) is 1.72. The number of hydrogen-bond donors (Lipinski definition) is 0. The quantitative estimate of drug-likeness (QED) is 0.626. The van der Waals surface area contributed by atoms with Crippen LogP contribution < -0.4 is 0 Å². The van der Waals surface area contributed by atoms with Crippen molar-refractivity contribution >= 4 is 12.4 Å². The van der Waals surface area contributed by atoms with Crippen molar-refractivity contribution in [3.8, 4) is 0 Å². The van der Waals surface area contributed by atoms with E-state index < -0.39 is 0 Å². The van der Waals surface area contributed by atoms with Crippen molar-refractivity contribution in [3.63, 3.8) is 0 Å². The molecular weight excluding hydrogens is 148 g/mol. The molecule has 2 heteroatoms. The Bertz CT molecular complexity index is 289. The van der Waals surface area contributed by atoms with E-state index in [-0.39, 0.29) is 0 Å². The van der Waals surface area contributed by atoms with Crippen LogP contribution in [-0.4, -0.2) is 12.4 Å². The molecule has 1 heterocycles. The summed E-state index contributed by atoms with van der Waals surface area (Å²) in [7, 11) is 0. The van der Waals surface area contributed by atoms with Crippen LogP contribution in [0.4, 0.5) is 0 Å². The summed E-state index contributed by atoms with van der Waals surface area (Å²) in [4.78, 5) is 8.20. The molecule has 0 fully saturated rings. The Morgan fingerprint density at radius 2 is 1.58 bits per heavy atom. The second-order valence-corrected chi connectivity index (χ2v) is 2.63.